The van der Waals surface area contributed by atoms with Crippen LogP contribution < -0.4 is 14.2 Å². The van der Waals surface area contributed by atoms with Crippen molar-refractivity contribution in [3.05, 3.63) is 94.1 Å². The monoisotopic (exact) mass is 493 g/mol. The van der Waals surface area contributed by atoms with Crippen LogP contribution in [0.15, 0.2) is 71.6 Å². The van der Waals surface area contributed by atoms with E-state index in [2.05, 4.69) is 0 Å². The Kier molecular flexibility index (Phi) is 7.72. The minimum Gasteiger partial charge on any atom is -0.493 e. The molecule has 0 bridgehead atoms. The van der Waals surface area contributed by atoms with Gasteiger partial charge >= 0.3 is 0 Å². The number of hydrogen-bond acceptors (Lipinski definition) is 6. The number of amides is 2. The average molecular weight is 494 g/mol. The average Bonchev–Trinajstić information content (AvgIpc) is 3.12. The van der Waals surface area contributed by atoms with Crippen molar-refractivity contribution in [3.8, 4) is 17.2 Å². The highest BCUT2D eigenvalue weighted by molar-refractivity contribution is 8.18. The molecule has 1 fully saturated rings. The second-order valence-corrected chi connectivity index (χ2v) is 8.81. The maximum absolute atomic E-state index is 13.1. The lowest BCUT2D eigenvalue weighted by molar-refractivity contribution is -0.123. The van der Waals surface area contributed by atoms with Crippen molar-refractivity contribution < 1.29 is 28.2 Å². The zero-order valence-corrected chi connectivity index (χ0v) is 20.1. The Bertz CT molecular complexity index is 1240. The molecule has 0 unspecified atom stereocenters. The minimum atomic E-state index is -0.392. The van der Waals surface area contributed by atoms with Crippen molar-refractivity contribution in [2.75, 3.05) is 20.3 Å². The standard InChI is InChI=1S/C27H24FNO5S/c1-18-3-10-22(11-4-18)33-13-14-34-23-12-7-20(15-24(23)32-2)16-25-26(30)29(27(31)35-25)17-19-5-8-21(28)9-6-19/h3-12,15-16H,13-14,17H2,1-2H3/b25-16-. The molecule has 6 nitrogen and oxygen atoms in total. The van der Waals surface area contributed by atoms with Crippen molar-refractivity contribution >= 4 is 29.0 Å². The second kappa shape index (κ2) is 11.1. The zero-order chi connectivity index (χ0) is 24.8. The number of halogens is 1. The third-order valence-corrected chi connectivity index (χ3v) is 6.15. The molecule has 180 valence electrons. The van der Waals surface area contributed by atoms with Crippen LogP contribution in [0.5, 0.6) is 17.2 Å². The number of aryl methyl sites for hydroxylation is 1. The van der Waals surface area contributed by atoms with E-state index in [0.717, 1.165) is 28.0 Å². The van der Waals surface area contributed by atoms with E-state index in [1.165, 1.54) is 19.2 Å². The Morgan fingerprint density at radius 2 is 1.63 bits per heavy atom. The molecule has 4 rings (SSSR count). The lowest BCUT2D eigenvalue weighted by Gasteiger charge is -2.13. The summed E-state index contributed by atoms with van der Waals surface area (Å²) in [6, 6.07) is 18.8. The number of carbonyl (C=O) groups is 2. The summed E-state index contributed by atoms with van der Waals surface area (Å²) < 4.78 is 30.0. The molecule has 3 aromatic rings. The Hall–Kier alpha value is -3.78. The van der Waals surface area contributed by atoms with Gasteiger partial charge in [-0.3, -0.25) is 14.5 Å². The lowest BCUT2D eigenvalue weighted by atomic mass is 10.1. The molecule has 1 heterocycles. The normalized spacial score (nSPS) is 14.5. The van der Waals surface area contributed by atoms with Crippen molar-refractivity contribution in [1.29, 1.82) is 0 Å². The van der Waals surface area contributed by atoms with Crippen LogP contribution in [-0.4, -0.2) is 36.4 Å². The molecule has 0 radical (unpaired) electrons. The number of ether oxygens (including phenoxy) is 3. The summed E-state index contributed by atoms with van der Waals surface area (Å²) in [4.78, 5) is 26.6. The third kappa shape index (κ3) is 6.22. The molecule has 8 heteroatoms. The molecule has 1 aliphatic rings. The van der Waals surface area contributed by atoms with Gasteiger partial charge in [0.15, 0.2) is 11.5 Å². The summed E-state index contributed by atoms with van der Waals surface area (Å²) >= 11 is 0.868. The quantitative estimate of drug-likeness (QED) is 0.276. The van der Waals surface area contributed by atoms with Crippen LogP contribution in [0.4, 0.5) is 9.18 Å². The zero-order valence-electron chi connectivity index (χ0n) is 19.3. The number of thioether (sulfide) groups is 1. The van der Waals surface area contributed by atoms with E-state index in [9.17, 15) is 14.0 Å². The van der Waals surface area contributed by atoms with E-state index in [0.29, 0.717) is 40.7 Å². The largest absolute Gasteiger partial charge is 0.493 e. The Labute approximate surface area is 207 Å². The Balaban J connectivity index is 1.38. The van der Waals surface area contributed by atoms with Crippen LogP contribution >= 0.6 is 11.8 Å². The Morgan fingerprint density at radius 3 is 2.34 bits per heavy atom. The van der Waals surface area contributed by atoms with E-state index in [1.54, 1.807) is 36.4 Å². The number of rotatable bonds is 9. The van der Waals surface area contributed by atoms with Crippen molar-refractivity contribution in [1.82, 2.24) is 4.90 Å². The number of methoxy groups -OCH3 is 1. The molecule has 1 saturated heterocycles. The van der Waals surface area contributed by atoms with Gasteiger partial charge in [0.2, 0.25) is 0 Å². The molecular weight excluding hydrogens is 469 g/mol. The highest BCUT2D eigenvalue weighted by atomic mass is 32.2. The maximum atomic E-state index is 13.1. The summed E-state index contributed by atoms with van der Waals surface area (Å²) in [5.41, 5.74) is 2.53. The van der Waals surface area contributed by atoms with Crippen molar-refractivity contribution in [2.24, 2.45) is 0 Å². The fourth-order valence-corrected chi connectivity index (χ4v) is 4.24. The molecule has 0 spiro atoms. The highest BCUT2D eigenvalue weighted by Crippen LogP contribution is 2.35. The molecule has 0 N–H and O–H groups in total. The topological polar surface area (TPSA) is 65.1 Å². The summed E-state index contributed by atoms with van der Waals surface area (Å²) in [5.74, 6) is 1.05. The van der Waals surface area contributed by atoms with Crippen LogP contribution in [0.25, 0.3) is 6.08 Å². The summed E-state index contributed by atoms with van der Waals surface area (Å²) in [6.45, 7) is 2.80. The van der Waals surface area contributed by atoms with E-state index in [1.807, 2.05) is 31.2 Å². The van der Waals surface area contributed by atoms with Crippen LogP contribution in [0.1, 0.15) is 16.7 Å². The first-order valence-corrected chi connectivity index (χ1v) is 11.7. The van der Waals surface area contributed by atoms with Crippen LogP contribution in [0.3, 0.4) is 0 Å². The van der Waals surface area contributed by atoms with E-state index >= 15 is 0 Å². The molecule has 0 atom stereocenters. The molecule has 2 amide bonds. The first kappa shape index (κ1) is 24.3. The number of hydrogen-bond donors (Lipinski definition) is 0. The van der Waals surface area contributed by atoms with Gasteiger partial charge in [-0.05, 0) is 72.3 Å². The summed E-state index contributed by atoms with van der Waals surface area (Å²) in [7, 11) is 1.53. The SMILES string of the molecule is COc1cc(/C=C2\SC(=O)N(Cc3ccc(F)cc3)C2=O)ccc1OCCOc1ccc(C)cc1. The molecule has 3 aromatic carbocycles. The first-order valence-electron chi connectivity index (χ1n) is 10.9. The molecular formula is C27H24FNO5S. The molecule has 0 saturated carbocycles. The van der Waals surface area contributed by atoms with E-state index in [4.69, 9.17) is 14.2 Å². The fraction of sp³-hybridized carbons (Fsp3) is 0.185. The Morgan fingerprint density at radius 1 is 0.914 bits per heavy atom. The summed E-state index contributed by atoms with van der Waals surface area (Å²) in [5, 5.41) is -0.369. The van der Waals surface area contributed by atoms with Crippen LogP contribution in [0, 0.1) is 12.7 Å². The second-order valence-electron chi connectivity index (χ2n) is 7.81. The third-order valence-electron chi connectivity index (χ3n) is 5.24. The predicted octanol–water partition coefficient (Wildman–Crippen LogP) is 5.84. The lowest BCUT2D eigenvalue weighted by Crippen LogP contribution is -2.27. The van der Waals surface area contributed by atoms with Gasteiger partial charge in [0.25, 0.3) is 11.1 Å². The van der Waals surface area contributed by atoms with Gasteiger partial charge in [-0.1, -0.05) is 35.9 Å². The molecule has 0 aromatic heterocycles. The van der Waals surface area contributed by atoms with Crippen LogP contribution in [-0.2, 0) is 11.3 Å². The van der Waals surface area contributed by atoms with Gasteiger partial charge in [-0.15, -0.1) is 0 Å². The summed E-state index contributed by atoms with van der Waals surface area (Å²) in [6.07, 6.45) is 1.64. The number of nitrogens with zero attached hydrogens (tertiary/aromatic N) is 1. The van der Waals surface area contributed by atoms with E-state index in [-0.39, 0.29) is 17.6 Å². The molecule has 35 heavy (non-hydrogen) atoms. The molecule has 0 aliphatic carbocycles. The van der Waals surface area contributed by atoms with Crippen molar-refractivity contribution in [2.45, 2.75) is 13.5 Å². The van der Waals surface area contributed by atoms with Gasteiger partial charge in [0.1, 0.15) is 24.8 Å². The number of imide groups is 1. The van der Waals surface area contributed by atoms with Crippen molar-refractivity contribution in [3.63, 3.8) is 0 Å². The van der Waals surface area contributed by atoms with Gasteiger partial charge < -0.3 is 14.2 Å². The number of benzene rings is 3. The van der Waals surface area contributed by atoms with Gasteiger partial charge in [0, 0.05) is 0 Å². The number of carbonyl (C=O) groups excluding carboxylic acids is 2. The van der Waals surface area contributed by atoms with Gasteiger partial charge in [0.05, 0.1) is 18.6 Å². The highest BCUT2D eigenvalue weighted by Gasteiger charge is 2.35. The van der Waals surface area contributed by atoms with Gasteiger partial charge in [-0.2, -0.15) is 0 Å². The minimum absolute atomic E-state index is 0.0864. The fourth-order valence-electron chi connectivity index (χ4n) is 3.40. The predicted molar refractivity (Wildman–Crippen MR) is 133 cm³/mol. The maximum Gasteiger partial charge on any atom is 0.293 e. The first-order chi connectivity index (χ1) is 16.9. The van der Waals surface area contributed by atoms with Crippen LogP contribution in [0.2, 0.25) is 0 Å². The van der Waals surface area contributed by atoms with Gasteiger partial charge in [-0.25, -0.2) is 4.39 Å². The molecule has 1 aliphatic heterocycles. The smallest absolute Gasteiger partial charge is 0.293 e. The van der Waals surface area contributed by atoms with E-state index < -0.39 is 5.91 Å².